The van der Waals surface area contributed by atoms with Crippen LogP contribution in [-0.2, 0) is 12.8 Å². The molecule has 0 bridgehead atoms. The first-order valence-corrected chi connectivity index (χ1v) is 5.64. The summed E-state index contributed by atoms with van der Waals surface area (Å²) in [5.74, 6) is 0. The number of aryl methyl sites for hydroxylation is 1. The molecule has 1 heterocycles. The van der Waals surface area contributed by atoms with Gasteiger partial charge in [0.05, 0.1) is 0 Å². The van der Waals surface area contributed by atoms with E-state index in [-0.39, 0.29) is 0 Å². The number of fused-ring (bicyclic) bond motifs is 3. The average Bonchev–Trinajstić information content (AvgIpc) is 2.66. The zero-order valence-electron chi connectivity index (χ0n) is 9.01. The Labute approximate surface area is 89.7 Å². The van der Waals surface area contributed by atoms with Gasteiger partial charge in [0.15, 0.2) is 0 Å². The van der Waals surface area contributed by atoms with Crippen LogP contribution >= 0.6 is 0 Å². The van der Waals surface area contributed by atoms with Crippen LogP contribution in [0.2, 0.25) is 0 Å². The topological polar surface area (TPSA) is 27.8 Å². The fraction of sp³-hybridized carbons (Fsp3) is 0.385. The van der Waals surface area contributed by atoms with E-state index in [0.29, 0.717) is 6.04 Å². The lowest BCUT2D eigenvalue weighted by Gasteiger charge is -2.21. The number of likely N-dealkylation sites (N-methyl/N-ethyl adjacent to an activating group) is 1. The number of H-pyrrole nitrogens is 1. The molecule has 0 saturated heterocycles. The fourth-order valence-electron chi connectivity index (χ4n) is 2.62. The Hall–Kier alpha value is -1.28. The second-order valence-corrected chi connectivity index (χ2v) is 4.36. The quantitative estimate of drug-likeness (QED) is 0.726. The van der Waals surface area contributed by atoms with Crippen LogP contribution in [0.15, 0.2) is 24.3 Å². The number of aromatic amines is 1. The molecule has 0 aliphatic heterocycles. The van der Waals surface area contributed by atoms with E-state index in [1.165, 1.54) is 35.0 Å². The van der Waals surface area contributed by atoms with Crippen LogP contribution in [0.3, 0.4) is 0 Å². The maximum Gasteiger partial charge on any atom is 0.0458 e. The Kier molecular flexibility index (Phi) is 2.03. The van der Waals surface area contributed by atoms with Gasteiger partial charge in [-0.25, -0.2) is 0 Å². The molecule has 1 aromatic heterocycles. The van der Waals surface area contributed by atoms with E-state index < -0.39 is 0 Å². The summed E-state index contributed by atoms with van der Waals surface area (Å²) >= 11 is 0. The predicted molar refractivity (Wildman–Crippen MR) is 63.2 cm³/mol. The molecule has 2 heteroatoms. The molecule has 2 nitrogen and oxygen atoms in total. The molecule has 3 rings (SSSR count). The number of benzene rings is 1. The minimum absolute atomic E-state index is 0.650. The number of aromatic nitrogens is 1. The number of hydrogen-bond donors (Lipinski definition) is 2. The Morgan fingerprint density at radius 2 is 2.20 bits per heavy atom. The van der Waals surface area contributed by atoms with Crippen molar-refractivity contribution in [2.24, 2.45) is 0 Å². The molecule has 0 fully saturated rings. The number of nitrogens with one attached hydrogen (secondary N) is 2. The third-order valence-corrected chi connectivity index (χ3v) is 3.50. The van der Waals surface area contributed by atoms with Crippen molar-refractivity contribution in [1.29, 1.82) is 0 Å². The van der Waals surface area contributed by atoms with Crippen molar-refractivity contribution in [3.8, 4) is 0 Å². The van der Waals surface area contributed by atoms with Gasteiger partial charge < -0.3 is 10.3 Å². The predicted octanol–water partition coefficient (Wildman–Crippen LogP) is 2.24. The van der Waals surface area contributed by atoms with Crippen molar-refractivity contribution in [3.63, 3.8) is 0 Å². The summed E-state index contributed by atoms with van der Waals surface area (Å²) in [6.45, 7) is 0. The van der Waals surface area contributed by atoms with Crippen molar-refractivity contribution in [1.82, 2.24) is 10.3 Å². The Morgan fingerprint density at radius 3 is 3.07 bits per heavy atom. The summed E-state index contributed by atoms with van der Waals surface area (Å²) in [5.41, 5.74) is 4.26. The van der Waals surface area contributed by atoms with Gasteiger partial charge in [0.1, 0.15) is 0 Å². The van der Waals surface area contributed by atoms with E-state index in [1.807, 2.05) is 0 Å². The summed E-state index contributed by atoms with van der Waals surface area (Å²) in [7, 11) is 2.06. The number of rotatable bonds is 1. The average molecular weight is 200 g/mol. The van der Waals surface area contributed by atoms with Gasteiger partial charge >= 0.3 is 0 Å². The van der Waals surface area contributed by atoms with Gasteiger partial charge in [0.2, 0.25) is 0 Å². The molecular formula is C13H16N2. The lowest BCUT2D eigenvalue weighted by Crippen LogP contribution is -2.31. The van der Waals surface area contributed by atoms with Crippen molar-refractivity contribution >= 4 is 10.9 Å². The van der Waals surface area contributed by atoms with Gasteiger partial charge in [-0.05, 0) is 37.9 Å². The molecule has 15 heavy (non-hydrogen) atoms. The van der Waals surface area contributed by atoms with Crippen LogP contribution in [0.1, 0.15) is 17.7 Å². The highest BCUT2D eigenvalue weighted by molar-refractivity contribution is 5.84. The van der Waals surface area contributed by atoms with Crippen LogP contribution in [0.5, 0.6) is 0 Å². The summed E-state index contributed by atoms with van der Waals surface area (Å²) in [6, 6.07) is 9.26. The molecule has 1 atom stereocenters. The van der Waals surface area contributed by atoms with Gasteiger partial charge in [-0.3, -0.25) is 0 Å². The van der Waals surface area contributed by atoms with Gasteiger partial charge in [-0.15, -0.1) is 0 Å². The Bertz CT molecular complexity index is 484. The highest BCUT2D eigenvalue weighted by Gasteiger charge is 2.20. The van der Waals surface area contributed by atoms with Crippen LogP contribution in [0.25, 0.3) is 10.9 Å². The zero-order chi connectivity index (χ0) is 10.3. The van der Waals surface area contributed by atoms with E-state index >= 15 is 0 Å². The highest BCUT2D eigenvalue weighted by atomic mass is 14.9. The van der Waals surface area contributed by atoms with Crippen LogP contribution in [0.4, 0.5) is 0 Å². The summed E-state index contributed by atoms with van der Waals surface area (Å²) < 4.78 is 0. The SMILES string of the molecule is CN[C@@H]1CCc2[nH]c3ccccc3c2C1. The summed E-state index contributed by atoms with van der Waals surface area (Å²) in [6.07, 6.45) is 3.59. The van der Waals surface area contributed by atoms with Crippen molar-refractivity contribution in [2.45, 2.75) is 25.3 Å². The molecular weight excluding hydrogens is 184 g/mol. The second kappa shape index (κ2) is 3.38. The van der Waals surface area contributed by atoms with Crippen LogP contribution < -0.4 is 5.32 Å². The van der Waals surface area contributed by atoms with Crippen LogP contribution in [0, 0.1) is 0 Å². The number of hydrogen-bond acceptors (Lipinski definition) is 1. The fourth-order valence-corrected chi connectivity index (χ4v) is 2.62. The molecule has 0 amide bonds. The third kappa shape index (κ3) is 1.37. The largest absolute Gasteiger partial charge is 0.358 e. The smallest absolute Gasteiger partial charge is 0.0458 e. The molecule has 78 valence electrons. The molecule has 0 saturated carbocycles. The first-order valence-electron chi connectivity index (χ1n) is 5.64. The maximum atomic E-state index is 3.53. The van der Waals surface area contributed by atoms with Crippen molar-refractivity contribution < 1.29 is 0 Å². The minimum Gasteiger partial charge on any atom is -0.358 e. The Balaban J connectivity index is 2.14. The van der Waals surface area contributed by atoms with Gasteiger partial charge in [0, 0.05) is 22.6 Å². The lowest BCUT2D eigenvalue weighted by molar-refractivity contribution is 0.495. The standard InChI is InChI=1S/C13H16N2/c1-14-9-6-7-13-11(8-9)10-4-2-3-5-12(10)15-13/h2-5,9,14-15H,6-8H2,1H3/t9-/m1/s1. The maximum absolute atomic E-state index is 3.53. The molecule has 1 aliphatic rings. The number of para-hydroxylation sites is 1. The molecule has 1 aliphatic carbocycles. The highest BCUT2D eigenvalue weighted by Crippen LogP contribution is 2.28. The zero-order valence-corrected chi connectivity index (χ0v) is 9.01. The first kappa shape index (κ1) is 8.98. The third-order valence-electron chi connectivity index (χ3n) is 3.50. The summed E-state index contributed by atoms with van der Waals surface area (Å²) in [5, 5.41) is 4.80. The molecule has 0 spiro atoms. The molecule has 2 aromatic rings. The van der Waals surface area contributed by atoms with Gasteiger partial charge in [0.25, 0.3) is 0 Å². The van der Waals surface area contributed by atoms with Gasteiger partial charge in [-0.2, -0.15) is 0 Å². The molecule has 2 N–H and O–H groups in total. The monoisotopic (exact) mass is 200 g/mol. The minimum atomic E-state index is 0.650. The lowest BCUT2D eigenvalue weighted by atomic mass is 9.92. The van der Waals surface area contributed by atoms with E-state index in [4.69, 9.17) is 0 Å². The second-order valence-electron chi connectivity index (χ2n) is 4.36. The van der Waals surface area contributed by atoms with Crippen molar-refractivity contribution in [2.75, 3.05) is 7.05 Å². The van der Waals surface area contributed by atoms with Gasteiger partial charge in [-0.1, -0.05) is 18.2 Å². The molecule has 0 radical (unpaired) electrons. The van der Waals surface area contributed by atoms with E-state index in [9.17, 15) is 0 Å². The van der Waals surface area contributed by atoms with E-state index in [2.05, 4.69) is 41.6 Å². The molecule has 1 aromatic carbocycles. The van der Waals surface area contributed by atoms with Crippen LogP contribution in [-0.4, -0.2) is 18.1 Å². The van der Waals surface area contributed by atoms with E-state index in [1.54, 1.807) is 0 Å². The Morgan fingerprint density at radius 1 is 1.33 bits per heavy atom. The molecule has 0 unspecified atom stereocenters. The first-order chi connectivity index (χ1) is 7.38. The van der Waals surface area contributed by atoms with E-state index in [0.717, 1.165) is 6.42 Å². The van der Waals surface area contributed by atoms with Crippen molar-refractivity contribution in [3.05, 3.63) is 35.5 Å². The normalized spacial score (nSPS) is 20.5. The summed E-state index contributed by atoms with van der Waals surface area (Å²) in [4.78, 5) is 3.53.